The number of nitrogens with zero attached hydrogens (tertiary/aromatic N) is 14. The fourth-order valence-corrected chi connectivity index (χ4v) is 15.9. The maximum Gasteiger partial charge on any atom is 0.472 e. The van der Waals surface area contributed by atoms with Crippen molar-refractivity contribution in [2.75, 3.05) is 132 Å². The Labute approximate surface area is 753 Å². The van der Waals surface area contributed by atoms with Crippen molar-refractivity contribution in [2.24, 2.45) is 0 Å². The molecule has 5 aliphatic heterocycles. The number of phosphoric acid groups is 1. The molecule has 9 heterocycles. The topological polar surface area (TPSA) is 714 Å². The summed E-state index contributed by atoms with van der Waals surface area (Å²) in [7, 11) is -4.53. The number of amides is 5. The molecule has 0 aliphatic carbocycles. The number of nitrogens with one attached hydrogen (secondary N) is 5. The zero-order chi connectivity index (χ0) is 94.5. The molecule has 55 heteroatoms. The molecule has 131 heavy (non-hydrogen) atoms. The highest BCUT2D eigenvalue weighted by Crippen LogP contribution is 2.46. The van der Waals surface area contributed by atoms with Crippen molar-refractivity contribution in [1.82, 2.24) is 96.4 Å². The van der Waals surface area contributed by atoms with Crippen LogP contribution in [0.1, 0.15) is 102 Å². The Morgan fingerprint density at radius 3 is 1.10 bits per heavy atom. The van der Waals surface area contributed by atoms with Crippen LogP contribution >= 0.6 is 7.82 Å². The predicted octanol–water partition coefficient (Wildman–Crippen LogP) is -9.88. The number of hydrogen-bond donors (Lipinski definition) is 19. The van der Waals surface area contributed by atoms with Crippen molar-refractivity contribution >= 4 is 37.4 Å². The first kappa shape index (κ1) is 108. The van der Waals surface area contributed by atoms with Gasteiger partial charge in [0.25, 0.3) is 0 Å². The molecule has 5 saturated heterocycles. The fourth-order valence-electron chi connectivity index (χ4n) is 14.9. The summed E-state index contributed by atoms with van der Waals surface area (Å²) in [5.41, 5.74) is 1.97. The summed E-state index contributed by atoms with van der Waals surface area (Å²) in [5.74, 6) is -2.43. The summed E-state index contributed by atoms with van der Waals surface area (Å²) in [5, 5.41) is 182. The van der Waals surface area contributed by atoms with Gasteiger partial charge in [0.2, 0.25) is 29.5 Å². The van der Waals surface area contributed by atoms with E-state index in [0.29, 0.717) is 67.8 Å². The molecule has 0 saturated carbocycles. The molecule has 0 aromatic carbocycles. The van der Waals surface area contributed by atoms with Gasteiger partial charge < -0.3 is 159 Å². The first-order chi connectivity index (χ1) is 62.9. The number of aromatic nitrogens is 12. The number of carbonyl (C=O) groups excluding carboxylic acids is 5. The van der Waals surface area contributed by atoms with Crippen molar-refractivity contribution in [3.05, 3.63) is 47.6 Å². The van der Waals surface area contributed by atoms with Gasteiger partial charge in [0.15, 0.2) is 31.5 Å². The SMILES string of the molecule is CC(=O)N[C@H]1[C@H](OCCOCCn2cc(CN(CCCC[C@@H](C(=O)NCCCCCCOP(=O)(O)OC3CCO[C@@H]3O)N(Cc3cn(CCOCCO[C@@H]4O[C@H](CO)[C@H](O)[C@H](O)[C@H]4NC(C)=O)nn3)Cc3cn(CCOCCO[C@@H]4O[C@H](CO)[C@H](O)[C@H](O)[C@H]4NC(C)=O)nn3)Cc3cn(CCOCCO[C@@H]4O[C@H](CO)[C@H](O)[C@H](O)[C@H]4NC(C)=O)nn3)nn2)O[C@H](CO)[C@H](O)[C@@H]1O. The lowest BCUT2D eigenvalue weighted by atomic mass is 9.97. The molecule has 5 aliphatic rings. The largest absolute Gasteiger partial charge is 0.472 e. The minimum Gasteiger partial charge on any atom is -0.394 e. The van der Waals surface area contributed by atoms with Crippen molar-refractivity contribution in [3.63, 3.8) is 0 Å². The highest BCUT2D eigenvalue weighted by Gasteiger charge is 2.50. The van der Waals surface area contributed by atoms with Gasteiger partial charge in [0.05, 0.1) is 174 Å². The summed E-state index contributed by atoms with van der Waals surface area (Å²) in [6.07, 6.45) is -14.0. The van der Waals surface area contributed by atoms with E-state index in [1.54, 1.807) is 34.2 Å². The zero-order valence-corrected chi connectivity index (χ0v) is 74.5. The Morgan fingerprint density at radius 1 is 0.443 bits per heavy atom. The van der Waals surface area contributed by atoms with Crippen LogP contribution in [0.15, 0.2) is 24.8 Å². The zero-order valence-electron chi connectivity index (χ0n) is 73.6. The van der Waals surface area contributed by atoms with Gasteiger partial charge in [-0.3, -0.25) is 42.8 Å². The Balaban J connectivity index is 0.892. The summed E-state index contributed by atoms with van der Waals surface area (Å²) in [6, 6.07) is -5.52. The molecule has 5 fully saturated rings. The molecule has 744 valence electrons. The van der Waals surface area contributed by atoms with Crippen molar-refractivity contribution in [2.45, 2.75) is 272 Å². The number of aliphatic hydroxyl groups excluding tert-OH is 13. The van der Waals surface area contributed by atoms with Crippen LogP contribution < -0.4 is 26.6 Å². The number of rotatable bonds is 61. The van der Waals surface area contributed by atoms with E-state index in [4.69, 9.17) is 70.6 Å². The minimum absolute atomic E-state index is 0.00396. The molecule has 0 spiro atoms. The molecular formula is C76H130N19O35P. The van der Waals surface area contributed by atoms with Crippen LogP contribution in [-0.4, -0.2) is 444 Å². The standard InChI is InChI=1S/C76H130N19O35P/c1-45(100)78-59-67(108)63(104)55(41-96)126-73(59)121-29-25-116-21-15-92-37-49(82-86-92)33-90(34-50-38-93(87-83-50)16-22-117-26-30-122-74-60(79-46(2)101)68(109)64(105)56(42-97)127-74)14-9-7-11-53(71(112)77-13-8-5-6-10-19-125-131(114,115)130-54-12-20-120-72(54)113)91(35-51-39-94(88-84-51)17-23-118-27-31-123-75-61(80-47(3)102)69(110)65(106)57(43-98)128-75)36-52-40-95(89-85-52)18-24-119-28-32-124-76-62(81-48(4)103)70(111)66(107)58(44-99)129-76/h37-40,53-70,72-76,96-99,104-111,113H,5-36,41-44H2,1-4H3,(H,77,112)(H,78,100)(H,79,101)(H,80,102)(H,81,103)(H,114,115)/t53-,54?,55+,56+,57+,58+,59+,60+,61+,62+,63-,64-,65-,66-,67+,68+,69+,70+,72-,73+,74+,75+,76+/m0/s1. The summed E-state index contributed by atoms with van der Waals surface area (Å²) >= 11 is 0. The van der Waals surface area contributed by atoms with E-state index in [1.807, 2.05) is 4.90 Å². The molecule has 4 aromatic rings. The number of aliphatic hydroxyl groups is 13. The van der Waals surface area contributed by atoms with Gasteiger partial charge in [-0.15, -0.1) is 20.4 Å². The molecular weight excluding hydrogens is 1770 g/mol. The third-order valence-electron chi connectivity index (χ3n) is 21.6. The quantitative estimate of drug-likeness (QED) is 0.0144. The summed E-state index contributed by atoms with van der Waals surface area (Å²) in [6.45, 7) is 4.50. The van der Waals surface area contributed by atoms with E-state index in [2.05, 4.69) is 72.7 Å². The lowest BCUT2D eigenvalue weighted by molar-refractivity contribution is -0.272. The van der Waals surface area contributed by atoms with Crippen LogP contribution in [0.5, 0.6) is 0 Å². The maximum absolute atomic E-state index is 15.2. The fraction of sp³-hybridized carbons (Fsp3) is 0.829. The molecule has 2 unspecified atom stereocenters. The van der Waals surface area contributed by atoms with Crippen LogP contribution in [0.4, 0.5) is 0 Å². The Hall–Kier alpha value is -7.10. The van der Waals surface area contributed by atoms with E-state index in [-0.39, 0.29) is 170 Å². The first-order valence-electron chi connectivity index (χ1n) is 43.6. The molecule has 0 bridgehead atoms. The lowest BCUT2D eigenvalue weighted by Crippen LogP contribution is -2.64. The van der Waals surface area contributed by atoms with Crippen molar-refractivity contribution in [1.29, 1.82) is 0 Å². The van der Waals surface area contributed by atoms with Gasteiger partial charge in [-0.05, 0) is 32.2 Å². The molecule has 24 atom stereocenters. The molecule has 9 rings (SSSR count). The second-order valence-corrected chi connectivity index (χ2v) is 33.3. The number of ether oxygens (including phenoxy) is 13. The average Bonchev–Trinajstić information content (AvgIpc) is 1.53. The van der Waals surface area contributed by atoms with Gasteiger partial charge in [0.1, 0.15) is 104 Å². The second kappa shape index (κ2) is 55.8. The van der Waals surface area contributed by atoms with Crippen LogP contribution in [0.3, 0.4) is 0 Å². The van der Waals surface area contributed by atoms with Crippen LogP contribution in [-0.2, 0) is 152 Å². The Morgan fingerprint density at radius 2 is 0.779 bits per heavy atom. The Kier molecular flexibility index (Phi) is 45.8. The molecule has 4 aromatic heterocycles. The predicted molar refractivity (Wildman–Crippen MR) is 438 cm³/mol. The third kappa shape index (κ3) is 34.9. The molecule has 0 radical (unpaired) electrons. The number of phosphoric ester groups is 1. The van der Waals surface area contributed by atoms with Gasteiger partial charge in [0, 0.05) is 91.6 Å². The van der Waals surface area contributed by atoms with E-state index >= 15 is 4.79 Å². The number of hydrogen-bond acceptors (Lipinski definition) is 44. The van der Waals surface area contributed by atoms with E-state index in [0.717, 1.165) is 0 Å². The second-order valence-electron chi connectivity index (χ2n) is 31.9. The molecule has 19 N–H and O–H groups in total. The third-order valence-corrected chi connectivity index (χ3v) is 22.6. The van der Waals surface area contributed by atoms with Gasteiger partial charge in [-0.2, -0.15) is 0 Å². The highest BCUT2D eigenvalue weighted by molar-refractivity contribution is 7.47. The van der Waals surface area contributed by atoms with E-state index in [1.165, 1.54) is 37.1 Å². The Bertz CT molecular complexity index is 3840. The van der Waals surface area contributed by atoms with Crippen LogP contribution in [0.2, 0.25) is 0 Å². The lowest BCUT2D eigenvalue weighted by Gasteiger charge is -2.42. The molecule has 5 amide bonds. The van der Waals surface area contributed by atoms with Gasteiger partial charge in [-0.25, -0.2) is 23.3 Å². The average molecular weight is 1900 g/mol. The van der Waals surface area contributed by atoms with Gasteiger partial charge in [-0.1, -0.05) is 40.1 Å². The van der Waals surface area contributed by atoms with Crippen molar-refractivity contribution in [3.8, 4) is 0 Å². The number of unbranched alkanes of at least 4 members (excludes halogenated alkanes) is 4. The highest BCUT2D eigenvalue weighted by atomic mass is 31.2. The van der Waals surface area contributed by atoms with Crippen LogP contribution in [0.25, 0.3) is 0 Å². The van der Waals surface area contributed by atoms with Crippen molar-refractivity contribution < 1.29 is 170 Å². The normalized spacial score (nSPS) is 28.3. The maximum atomic E-state index is 15.2. The minimum atomic E-state index is -4.53. The smallest absolute Gasteiger partial charge is 0.394 e. The summed E-state index contributed by atoms with van der Waals surface area (Å²) < 4.78 is 104. The summed E-state index contributed by atoms with van der Waals surface area (Å²) in [4.78, 5) is 77.5. The van der Waals surface area contributed by atoms with E-state index < -0.39 is 199 Å². The monoisotopic (exact) mass is 1900 g/mol. The number of carbonyl (C=O) groups is 5. The first-order valence-corrected chi connectivity index (χ1v) is 45.1. The molecule has 54 nitrogen and oxygen atoms in total. The van der Waals surface area contributed by atoms with Gasteiger partial charge >= 0.3 is 7.82 Å². The van der Waals surface area contributed by atoms with Crippen LogP contribution in [0, 0.1) is 0 Å². The van der Waals surface area contributed by atoms with E-state index in [9.17, 15) is 95.0 Å².